The number of halogens is 1. The molecule has 1 heterocycles. The van der Waals surface area contributed by atoms with E-state index in [0.717, 1.165) is 10.0 Å². The molecule has 0 fully saturated rings. The summed E-state index contributed by atoms with van der Waals surface area (Å²) >= 11 is 3.46. The van der Waals surface area contributed by atoms with Gasteiger partial charge in [0.25, 0.3) is 0 Å². The Morgan fingerprint density at radius 1 is 1.42 bits per heavy atom. The smallest absolute Gasteiger partial charge is 0.234 e. The van der Waals surface area contributed by atoms with Gasteiger partial charge in [-0.1, -0.05) is 39.3 Å². The Bertz CT molecular complexity index is 569. The number of nitrogens with zero attached hydrogens (tertiary/aromatic N) is 2. The van der Waals surface area contributed by atoms with E-state index < -0.39 is 0 Å². The number of hydrogen-bond donors (Lipinski definition) is 0. The number of Topliss-reactive ketones (excluding diaryl/α,β-unsaturated/α-hetero) is 1. The van der Waals surface area contributed by atoms with Crippen molar-refractivity contribution in [2.24, 2.45) is 0 Å². The predicted molar refractivity (Wildman–Crippen MR) is 71.8 cm³/mol. The van der Waals surface area contributed by atoms with Crippen LogP contribution in [-0.4, -0.2) is 29.6 Å². The van der Waals surface area contributed by atoms with Gasteiger partial charge in [-0.2, -0.15) is 4.98 Å². The Morgan fingerprint density at radius 2 is 2.21 bits per heavy atom. The molecule has 5 nitrogen and oxygen atoms in total. The van der Waals surface area contributed by atoms with Crippen LogP contribution in [0.5, 0.6) is 0 Å². The number of carbonyl (C=O) groups excluding carboxylic acids is 1. The highest BCUT2D eigenvalue weighted by Crippen LogP contribution is 2.18. The molecule has 0 aliphatic heterocycles. The zero-order chi connectivity index (χ0) is 13.7. The van der Waals surface area contributed by atoms with E-state index in [1.807, 2.05) is 24.3 Å². The molecule has 0 amide bonds. The highest BCUT2D eigenvalue weighted by atomic mass is 79.9. The molecule has 0 radical (unpaired) electrons. The number of ether oxygens (including phenoxy) is 1. The van der Waals surface area contributed by atoms with Crippen LogP contribution in [-0.2, 0) is 22.4 Å². The Kier molecular flexibility index (Phi) is 4.81. The summed E-state index contributed by atoms with van der Waals surface area (Å²) in [5.41, 5.74) is 1.07. The van der Waals surface area contributed by atoms with Gasteiger partial charge in [-0.25, -0.2) is 0 Å². The number of carbonyl (C=O) groups is 1. The summed E-state index contributed by atoms with van der Waals surface area (Å²) in [6.45, 7) is 0.0575. The topological polar surface area (TPSA) is 65.2 Å². The number of hydrogen-bond acceptors (Lipinski definition) is 5. The third kappa shape index (κ3) is 3.97. The van der Waals surface area contributed by atoms with Gasteiger partial charge in [0.1, 0.15) is 6.61 Å². The van der Waals surface area contributed by atoms with Gasteiger partial charge in [-0.15, -0.1) is 0 Å². The number of ketones is 1. The van der Waals surface area contributed by atoms with Crippen LogP contribution in [0.2, 0.25) is 0 Å². The lowest BCUT2D eigenvalue weighted by molar-refractivity contribution is -0.122. The summed E-state index contributed by atoms with van der Waals surface area (Å²) in [7, 11) is 1.48. The molecule has 0 aliphatic carbocycles. The highest BCUT2D eigenvalue weighted by Gasteiger charge is 2.12. The number of benzene rings is 1. The summed E-state index contributed by atoms with van der Waals surface area (Å²) in [6, 6.07) is 7.83. The number of methoxy groups -OCH3 is 1. The lowest BCUT2D eigenvalue weighted by Gasteiger charge is -1.99. The first-order valence-corrected chi connectivity index (χ1v) is 6.54. The Labute approximate surface area is 119 Å². The normalized spacial score (nSPS) is 10.6. The second-order valence-electron chi connectivity index (χ2n) is 4.02. The van der Waals surface area contributed by atoms with Crippen LogP contribution < -0.4 is 0 Å². The SMILES string of the molecule is COCC(=O)Cc1nc(Cc2ccccc2Br)no1. The number of rotatable bonds is 6. The van der Waals surface area contributed by atoms with Gasteiger partial charge < -0.3 is 9.26 Å². The highest BCUT2D eigenvalue weighted by molar-refractivity contribution is 9.10. The van der Waals surface area contributed by atoms with E-state index in [-0.39, 0.29) is 18.8 Å². The second-order valence-corrected chi connectivity index (χ2v) is 4.88. The maximum atomic E-state index is 11.4. The molecule has 2 rings (SSSR count). The molecule has 0 aliphatic rings. The molecule has 0 unspecified atom stereocenters. The third-order valence-electron chi connectivity index (χ3n) is 2.47. The van der Waals surface area contributed by atoms with Gasteiger partial charge >= 0.3 is 0 Å². The van der Waals surface area contributed by atoms with Gasteiger partial charge in [-0.3, -0.25) is 4.79 Å². The fourth-order valence-corrected chi connectivity index (χ4v) is 2.05. The average molecular weight is 325 g/mol. The van der Waals surface area contributed by atoms with Crippen molar-refractivity contribution in [1.29, 1.82) is 0 Å². The molecule has 1 aromatic heterocycles. The molecule has 2 aromatic rings. The summed E-state index contributed by atoms with van der Waals surface area (Å²) in [5.74, 6) is 0.801. The lowest BCUT2D eigenvalue weighted by atomic mass is 10.1. The minimum Gasteiger partial charge on any atom is -0.377 e. The average Bonchev–Trinajstić information content (AvgIpc) is 2.80. The van der Waals surface area contributed by atoms with Crippen molar-refractivity contribution < 1.29 is 14.1 Å². The standard InChI is InChI=1S/C13H13BrN2O3/c1-18-8-10(17)7-13-15-12(16-19-13)6-9-4-2-3-5-11(9)14/h2-5H,6-8H2,1H3. The van der Waals surface area contributed by atoms with Gasteiger partial charge in [-0.05, 0) is 11.6 Å². The third-order valence-corrected chi connectivity index (χ3v) is 3.24. The molecule has 0 bridgehead atoms. The Hall–Kier alpha value is -1.53. The van der Waals surface area contributed by atoms with Crippen LogP contribution in [0.3, 0.4) is 0 Å². The molecule has 6 heteroatoms. The Balaban J connectivity index is 2.02. The molecular formula is C13H13BrN2O3. The monoisotopic (exact) mass is 324 g/mol. The van der Waals surface area contributed by atoms with Gasteiger partial charge in [0.05, 0.1) is 6.42 Å². The lowest BCUT2D eigenvalue weighted by Crippen LogP contribution is -2.09. The van der Waals surface area contributed by atoms with Gasteiger partial charge in [0.2, 0.25) is 5.89 Å². The summed E-state index contributed by atoms with van der Waals surface area (Å²) < 4.78 is 10.8. The maximum Gasteiger partial charge on any atom is 0.234 e. The Morgan fingerprint density at radius 3 is 2.95 bits per heavy atom. The van der Waals surface area contributed by atoms with Gasteiger partial charge in [0, 0.05) is 18.0 Å². The summed E-state index contributed by atoms with van der Waals surface area (Å²) in [5, 5.41) is 3.87. The van der Waals surface area contributed by atoms with Crippen LogP contribution in [0.15, 0.2) is 33.3 Å². The molecule has 0 spiro atoms. The predicted octanol–water partition coefficient (Wildman–Crippen LogP) is 2.18. The quantitative estimate of drug-likeness (QED) is 0.814. The molecule has 100 valence electrons. The van der Waals surface area contributed by atoms with Crippen molar-refractivity contribution in [1.82, 2.24) is 10.1 Å². The van der Waals surface area contributed by atoms with E-state index in [1.54, 1.807) is 0 Å². The van der Waals surface area contributed by atoms with E-state index in [9.17, 15) is 4.79 Å². The molecule has 0 atom stereocenters. The van der Waals surface area contributed by atoms with Gasteiger partial charge in [0.15, 0.2) is 11.6 Å². The zero-order valence-electron chi connectivity index (χ0n) is 10.4. The van der Waals surface area contributed by atoms with Crippen LogP contribution in [0.4, 0.5) is 0 Å². The molecule has 1 aromatic carbocycles. The minimum atomic E-state index is -0.0846. The maximum absolute atomic E-state index is 11.4. The van der Waals surface area contributed by atoms with Crippen molar-refractivity contribution in [2.75, 3.05) is 13.7 Å². The van der Waals surface area contributed by atoms with Crippen molar-refractivity contribution in [3.63, 3.8) is 0 Å². The summed E-state index contributed by atoms with van der Waals surface area (Å²) in [4.78, 5) is 15.6. The van der Waals surface area contributed by atoms with E-state index in [4.69, 9.17) is 9.26 Å². The van der Waals surface area contributed by atoms with Crippen molar-refractivity contribution in [2.45, 2.75) is 12.8 Å². The molecular weight excluding hydrogens is 312 g/mol. The molecule has 0 saturated heterocycles. The van der Waals surface area contributed by atoms with Crippen LogP contribution in [0, 0.1) is 0 Å². The van der Waals surface area contributed by atoms with E-state index in [2.05, 4.69) is 26.1 Å². The summed E-state index contributed by atoms with van der Waals surface area (Å²) in [6.07, 6.45) is 0.667. The first kappa shape index (κ1) is 13.9. The zero-order valence-corrected chi connectivity index (χ0v) is 12.0. The fraction of sp³-hybridized carbons (Fsp3) is 0.308. The van der Waals surface area contributed by atoms with Crippen LogP contribution in [0.1, 0.15) is 17.3 Å². The van der Waals surface area contributed by atoms with E-state index in [1.165, 1.54) is 7.11 Å². The first-order valence-electron chi connectivity index (χ1n) is 5.74. The second kappa shape index (κ2) is 6.58. The number of aromatic nitrogens is 2. The largest absolute Gasteiger partial charge is 0.377 e. The fourth-order valence-electron chi connectivity index (χ4n) is 1.63. The van der Waals surface area contributed by atoms with E-state index in [0.29, 0.717) is 18.1 Å². The molecule has 19 heavy (non-hydrogen) atoms. The van der Waals surface area contributed by atoms with Crippen molar-refractivity contribution >= 4 is 21.7 Å². The van der Waals surface area contributed by atoms with Crippen molar-refractivity contribution in [3.05, 3.63) is 46.0 Å². The van der Waals surface area contributed by atoms with Crippen LogP contribution >= 0.6 is 15.9 Å². The molecule has 0 saturated carbocycles. The van der Waals surface area contributed by atoms with Crippen LogP contribution in [0.25, 0.3) is 0 Å². The van der Waals surface area contributed by atoms with E-state index >= 15 is 0 Å². The van der Waals surface area contributed by atoms with Crippen molar-refractivity contribution in [3.8, 4) is 0 Å². The first-order chi connectivity index (χ1) is 9.19. The minimum absolute atomic E-state index is 0.0575. The molecule has 0 N–H and O–H groups in total.